The summed E-state index contributed by atoms with van der Waals surface area (Å²) in [6.45, 7) is 6.95. The number of aromatic nitrogens is 1. The molecule has 0 spiro atoms. The maximum absolute atomic E-state index is 12.2. The molecule has 1 unspecified atom stereocenters. The van der Waals surface area contributed by atoms with Gasteiger partial charge >= 0.3 is 0 Å². The molecule has 0 aliphatic heterocycles. The first kappa shape index (κ1) is 15.0. The van der Waals surface area contributed by atoms with Crippen LogP contribution in [0, 0.1) is 23.7 Å². The minimum atomic E-state index is 0.173. The fraction of sp³-hybridized carbons (Fsp3) is 0.647. The number of carbonyl (C=O) groups is 1. The highest BCUT2D eigenvalue weighted by atomic mass is 16.1. The van der Waals surface area contributed by atoms with E-state index in [4.69, 9.17) is 0 Å². The van der Waals surface area contributed by atoms with Crippen molar-refractivity contribution in [2.45, 2.75) is 46.5 Å². The highest BCUT2D eigenvalue weighted by Crippen LogP contribution is 2.36. The summed E-state index contributed by atoms with van der Waals surface area (Å²) in [4.78, 5) is 16.2. The fourth-order valence-corrected chi connectivity index (χ4v) is 3.13. The van der Waals surface area contributed by atoms with Crippen molar-refractivity contribution in [1.82, 2.24) is 4.98 Å². The molecule has 1 saturated carbocycles. The van der Waals surface area contributed by atoms with Crippen LogP contribution in [0.1, 0.15) is 46.5 Å². The minimum Gasteiger partial charge on any atom is -0.326 e. The third kappa shape index (κ3) is 3.81. The van der Waals surface area contributed by atoms with Crippen LogP contribution in [0.15, 0.2) is 24.5 Å². The summed E-state index contributed by atoms with van der Waals surface area (Å²) in [5.74, 6) is 2.65. The van der Waals surface area contributed by atoms with Gasteiger partial charge in [0, 0.05) is 24.0 Å². The van der Waals surface area contributed by atoms with Crippen LogP contribution >= 0.6 is 0 Å². The van der Waals surface area contributed by atoms with E-state index in [1.54, 1.807) is 12.4 Å². The topological polar surface area (TPSA) is 42.0 Å². The highest BCUT2D eigenvalue weighted by molar-refractivity contribution is 5.92. The second kappa shape index (κ2) is 6.87. The summed E-state index contributed by atoms with van der Waals surface area (Å²) in [7, 11) is 0. The minimum absolute atomic E-state index is 0.173. The number of rotatable bonds is 4. The molecule has 3 heteroatoms. The van der Waals surface area contributed by atoms with Crippen LogP contribution in [0.5, 0.6) is 0 Å². The molecule has 1 aromatic heterocycles. The molecule has 2 rings (SSSR count). The monoisotopic (exact) mass is 274 g/mol. The first-order chi connectivity index (χ1) is 9.58. The molecule has 0 saturated heterocycles. The van der Waals surface area contributed by atoms with Gasteiger partial charge in [0.1, 0.15) is 0 Å². The van der Waals surface area contributed by atoms with Crippen LogP contribution in [0.25, 0.3) is 0 Å². The zero-order valence-corrected chi connectivity index (χ0v) is 12.8. The maximum Gasteiger partial charge on any atom is 0.227 e. The van der Waals surface area contributed by atoms with Crippen molar-refractivity contribution in [2.75, 3.05) is 5.32 Å². The van der Waals surface area contributed by atoms with E-state index in [1.807, 2.05) is 12.1 Å². The van der Waals surface area contributed by atoms with E-state index in [0.717, 1.165) is 36.3 Å². The molecular formula is C17H26N2O. The number of hydrogen-bond donors (Lipinski definition) is 1. The average Bonchev–Trinajstić information content (AvgIpc) is 2.47. The molecular weight excluding hydrogens is 248 g/mol. The number of carbonyl (C=O) groups excluding carboxylic acids is 1. The van der Waals surface area contributed by atoms with Crippen LogP contribution in [-0.2, 0) is 4.79 Å². The zero-order chi connectivity index (χ0) is 14.5. The molecule has 3 nitrogen and oxygen atoms in total. The van der Waals surface area contributed by atoms with Gasteiger partial charge in [-0.2, -0.15) is 0 Å². The van der Waals surface area contributed by atoms with Crippen molar-refractivity contribution in [3.05, 3.63) is 24.5 Å². The summed E-state index contributed by atoms with van der Waals surface area (Å²) < 4.78 is 0. The van der Waals surface area contributed by atoms with Crippen molar-refractivity contribution in [3.63, 3.8) is 0 Å². The Balaban J connectivity index is 1.83. The molecule has 1 atom stereocenters. The number of nitrogens with zero attached hydrogens (tertiary/aromatic N) is 1. The van der Waals surface area contributed by atoms with Crippen LogP contribution in [0.4, 0.5) is 5.69 Å². The van der Waals surface area contributed by atoms with Crippen molar-refractivity contribution in [1.29, 1.82) is 0 Å². The third-order valence-electron chi connectivity index (χ3n) is 4.89. The van der Waals surface area contributed by atoms with Gasteiger partial charge in [-0.25, -0.2) is 0 Å². The van der Waals surface area contributed by atoms with E-state index in [9.17, 15) is 4.79 Å². The molecule has 0 bridgehead atoms. The van der Waals surface area contributed by atoms with E-state index < -0.39 is 0 Å². The molecule has 0 radical (unpaired) electrons. The molecule has 1 amide bonds. The van der Waals surface area contributed by atoms with Gasteiger partial charge in [-0.1, -0.05) is 20.8 Å². The van der Waals surface area contributed by atoms with E-state index >= 15 is 0 Å². The van der Waals surface area contributed by atoms with Gasteiger partial charge in [-0.15, -0.1) is 0 Å². The summed E-state index contributed by atoms with van der Waals surface area (Å²) >= 11 is 0. The lowest BCUT2D eigenvalue weighted by Gasteiger charge is -2.33. The van der Waals surface area contributed by atoms with Gasteiger partial charge in [0.05, 0.1) is 0 Å². The van der Waals surface area contributed by atoms with Gasteiger partial charge in [-0.05, 0) is 55.6 Å². The largest absolute Gasteiger partial charge is 0.326 e. The van der Waals surface area contributed by atoms with E-state index in [2.05, 4.69) is 31.1 Å². The molecule has 0 aromatic carbocycles. The molecule has 1 aliphatic carbocycles. The normalized spacial score (nSPS) is 24.4. The number of anilines is 1. The van der Waals surface area contributed by atoms with Gasteiger partial charge < -0.3 is 5.32 Å². The van der Waals surface area contributed by atoms with Gasteiger partial charge in [0.25, 0.3) is 0 Å². The number of amides is 1. The molecule has 110 valence electrons. The summed E-state index contributed by atoms with van der Waals surface area (Å²) in [5, 5.41) is 3.00. The quantitative estimate of drug-likeness (QED) is 0.897. The van der Waals surface area contributed by atoms with Gasteiger partial charge in [-0.3, -0.25) is 9.78 Å². The van der Waals surface area contributed by atoms with Gasteiger partial charge in [0.15, 0.2) is 0 Å². The Morgan fingerprint density at radius 2 is 1.75 bits per heavy atom. The predicted molar refractivity (Wildman–Crippen MR) is 82.3 cm³/mol. The Kier molecular flexibility index (Phi) is 5.16. The summed E-state index contributed by atoms with van der Waals surface area (Å²) in [6, 6.07) is 3.68. The van der Waals surface area contributed by atoms with E-state index in [-0.39, 0.29) is 11.8 Å². The Hall–Kier alpha value is -1.38. The maximum atomic E-state index is 12.2. The summed E-state index contributed by atoms with van der Waals surface area (Å²) in [6.07, 6.45) is 7.84. The zero-order valence-electron chi connectivity index (χ0n) is 12.8. The molecule has 20 heavy (non-hydrogen) atoms. The van der Waals surface area contributed by atoms with E-state index in [1.165, 1.54) is 12.8 Å². The van der Waals surface area contributed by atoms with Crippen molar-refractivity contribution < 1.29 is 4.79 Å². The van der Waals surface area contributed by atoms with Crippen LogP contribution in [0.3, 0.4) is 0 Å². The lowest BCUT2D eigenvalue weighted by Crippen LogP contribution is -2.30. The lowest BCUT2D eigenvalue weighted by atomic mass is 9.73. The molecule has 1 heterocycles. The Morgan fingerprint density at radius 1 is 1.15 bits per heavy atom. The van der Waals surface area contributed by atoms with E-state index in [0.29, 0.717) is 0 Å². The number of nitrogens with one attached hydrogen (secondary N) is 1. The fourth-order valence-electron chi connectivity index (χ4n) is 3.13. The third-order valence-corrected chi connectivity index (χ3v) is 4.89. The smallest absolute Gasteiger partial charge is 0.227 e. The Morgan fingerprint density at radius 3 is 2.30 bits per heavy atom. The van der Waals surface area contributed by atoms with Gasteiger partial charge in [0.2, 0.25) is 5.91 Å². The Bertz CT molecular complexity index is 422. The summed E-state index contributed by atoms with van der Waals surface area (Å²) in [5.41, 5.74) is 0.850. The highest BCUT2D eigenvalue weighted by Gasteiger charge is 2.29. The molecule has 1 aromatic rings. The van der Waals surface area contributed by atoms with Crippen molar-refractivity contribution in [2.24, 2.45) is 23.7 Å². The SMILES string of the molecule is CC(C)C(C)C1CCC(C(=O)Nc2ccncc2)CC1. The number of pyridine rings is 1. The molecule has 1 N–H and O–H groups in total. The lowest BCUT2D eigenvalue weighted by molar-refractivity contribution is -0.121. The van der Waals surface area contributed by atoms with Crippen molar-refractivity contribution in [3.8, 4) is 0 Å². The molecule has 1 aliphatic rings. The predicted octanol–water partition coefficient (Wildman–Crippen LogP) is 4.12. The first-order valence-electron chi connectivity index (χ1n) is 7.78. The average molecular weight is 274 g/mol. The Labute approximate surface area is 122 Å². The number of hydrogen-bond acceptors (Lipinski definition) is 2. The standard InChI is InChI=1S/C17H26N2O/c1-12(2)13(3)14-4-6-15(7-5-14)17(20)19-16-8-10-18-11-9-16/h8-15H,4-7H2,1-3H3,(H,18,19,20). The van der Waals surface area contributed by atoms with Crippen LogP contribution in [0.2, 0.25) is 0 Å². The van der Waals surface area contributed by atoms with Crippen LogP contribution in [-0.4, -0.2) is 10.9 Å². The molecule has 1 fully saturated rings. The second-order valence-corrected chi connectivity index (χ2v) is 6.44. The second-order valence-electron chi connectivity index (χ2n) is 6.44. The van der Waals surface area contributed by atoms with Crippen molar-refractivity contribution >= 4 is 11.6 Å². The van der Waals surface area contributed by atoms with Crippen LogP contribution < -0.4 is 5.32 Å². The first-order valence-corrected chi connectivity index (χ1v) is 7.78.